The lowest BCUT2D eigenvalue weighted by atomic mass is 10.2. The molecule has 1 atom stereocenters. The molecule has 0 radical (unpaired) electrons. The Morgan fingerprint density at radius 3 is 2.88 bits per heavy atom. The summed E-state index contributed by atoms with van der Waals surface area (Å²) in [7, 11) is 0. The molecule has 3 aromatic rings. The number of hydrogen-bond donors (Lipinski definition) is 3. The quantitative estimate of drug-likeness (QED) is 0.514. The van der Waals surface area contributed by atoms with Gasteiger partial charge in [0.1, 0.15) is 27.6 Å². The molecule has 4 heterocycles. The number of aliphatic hydroxyl groups is 1. The Labute approximate surface area is 190 Å². The smallest absolute Gasteiger partial charge is 0.410 e. The van der Waals surface area contributed by atoms with E-state index >= 15 is 0 Å². The number of nitrogens with zero attached hydrogens (tertiary/aromatic N) is 4. The van der Waals surface area contributed by atoms with Crippen LogP contribution in [-0.4, -0.2) is 62.4 Å². The highest BCUT2D eigenvalue weighted by molar-refractivity contribution is 7.21. The van der Waals surface area contributed by atoms with Crippen LogP contribution in [0.1, 0.15) is 32.8 Å². The molecule has 0 aliphatic carbocycles. The standard InChI is InChI=1S/C22H28N6O3S/c1-22(2,3)31-21(30)28-9-6-15(13-28)24-17-11-14(7-10-29)12-18(26-17)27-20-25-16-5-4-8-23-19(16)32-20/h4-5,8,11-12,15,29H,6-7,9-10,13H2,1-3H3,(H2,24,25,26,27). The number of rotatable bonds is 6. The molecule has 1 fully saturated rings. The predicted octanol–water partition coefficient (Wildman–Crippen LogP) is 3.79. The van der Waals surface area contributed by atoms with Crippen LogP contribution in [0.3, 0.4) is 0 Å². The van der Waals surface area contributed by atoms with Gasteiger partial charge < -0.3 is 25.4 Å². The lowest BCUT2D eigenvalue weighted by Crippen LogP contribution is -2.36. The van der Waals surface area contributed by atoms with Crippen molar-refractivity contribution in [1.29, 1.82) is 0 Å². The molecule has 1 saturated heterocycles. The average Bonchev–Trinajstić information content (AvgIpc) is 3.33. The largest absolute Gasteiger partial charge is 0.444 e. The maximum Gasteiger partial charge on any atom is 0.410 e. The predicted molar refractivity (Wildman–Crippen MR) is 126 cm³/mol. The minimum Gasteiger partial charge on any atom is -0.444 e. The molecule has 0 bridgehead atoms. The van der Waals surface area contributed by atoms with Gasteiger partial charge in [0.05, 0.1) is 0 Å². The lowest BCUT2D eigenvalue weighted by Gasteiger charge is -2.24. The Bertz CT molecular complexity index is 1060. The number of carbonyl (C=O) groups excluding carboxylic acids is 1. The maximum absolute atomic E-state index is 12.3. The van der Waals surface area contributed by atoms with Crippen molar-refractivity contribution in [2.45, 2.75) is 45.3 Å². The number of carbonyl (C=O) groups is 1. The number of aromatic nitrogens is 3. The minimum atomic E-state index is -0.514. The number of likely N-dealkylation sites (tertiary alicyclic amines) is 1. The third-order valence-corrected chi connectivity index (χ3v) is 5.77. The fraction of sp³-hybridized carbons (Fsp3) is 0.455. The first-order valence-corrected chi connectivity index (χ1v) is 11.5. The molecule has 0 spiro atoms. The zero-order valence-electron chi connectivity index (χ0n) is 18.5. The van der Waals surface area contributed by atoms with Crippen molar-refractivity contribution in [2.75, 3.05) is 30.3 Å². The van der Waals surface area contributed by atoms with Gasteiger partial charge in [0, 0.05) is 31.9 Å². The normalized spacial score (nSPS) is 16.4. The zero-order chi connectivity index (χ0) is 22.7. The molecule has 3 N–H and O–H groups in total. The summed E-state index contributed by atoms with van der Waals surface area (Å²) in [5.41, 5.74) is 1.27. The summed E-state index contributed by atoms with van der Waals surface area (Å²) >= 11 is 1.46. The van der Waals surface area contributed by atoms with E-state index in [2.05, 4.69) is 25.6 Å². The van der Waals surface area contributed by atoms with Gasteiger partial charge in [-0.25, -0.2) is 19.7 Å². The van der Waals surface area contributed by atoms with E-state index in [1.807, 2.05) is 45.0 Å². The third-order valence-electron chi connectivity index (χ3n) is 4.88. The van der Waals surface area contributed by atoms with Gasteiger partial charge in [0.25, 0.3) is 0 Å². The van der Waals surface area contributed by atoms with Gasteiger partial charge in [0.15, 0.2) is 5.13 Å². The number of fused-ring (bicyclic) bond motifs is 1. The second-order valence-electron chi connectivity index (χ2n) is 8.75. The fourth-order valence-corrected chi connectivity index (χ4v) is 4.33. The van der Waals surface area contributed by atoms with E-state index in [-0.39, 0.29) is 18.7 Å². The van der Waals surface area contributed by atoms with Crippen LogP contribution in [0.4, 0.5) is 21.6 Å². The number of hydrogen-bond acceptors (Lipinski definition) is 9. The Kier molecular flexibility index (Phi) is 6.43. The van der Waals surface area contributed by atoms with Crippen LogP contribution in [0.15, 0.2) is 30.5 Å². The van der Waals surface area contributed by atoms with Gasteiger partial charge in [-0.1, -0.05) is 11.3 Å². The third kappa shape index (κ3) is 5.63. The number of ether oxygens (including phenoxy) is 1. The average molecular weight is 457 g/mol. The first kappa shape index (κ1) is 22.2. The van der Waals surface area contributed by atoms with Crippen molar-refractivity contribution < 1.29 is 14.6 Å². The van der Waals surface area contributed by atoms with Gasteiger partial charge in [-0.2, -0.15) is 0 Å². The van der Waals surface area contributed by atoms with Crippen molar-refractivity contribution in [2.24, 2.45) is 0 Å². The van der Waals surface area contributed by atoms with Gasteiger partial charge in [-0.05, 0) is 63.4 Å². The van der Waals surface area contributed by atoms with E-state index in [4.69, 9.17) is 4.74 Å². The molecule has 1 amide bonds. The molecule has 1 unspecified atom stereocenters. The van der Waals surface area contributed by atoms with Gasteiger partial charge in [-0.15, -0.1) is 0 Å². The highest BCUT2D eigenvalue weighted by atomic mass is 32.1. The first-order valence-electron chi connectivity index (χ1n) is 10.6. The number of nitrogens with one attached hydrogen (secondary N) is 2. The van der Waals surface area contributed by atoms with E-state index in [1.165, 1.54) is 11.3 Å². The number of thiazole rings is 1. The summed E-state index contributed by atoms with van der Waals surface area (Å²) in [6.45, 7) is 6.82. The molecule has 4 rings (SSSR count). The van der Waals surface area contributed by atoms with Crippen LogP contribution in [0.5, 0.6) is 0 Å². The van der Waals surface area contributed by atoms with Crippen LogP contribution >= 0.6 is 11.3 Å². The number of pyridine rings is 2. The molecule has 1 aliphatic heterocycles. The summed E-state index contributed by atoms with van der Waals surface area (Å²) in [5.74, 6) is 1.33. The van der Waals surface area contributed by atoms with Crippen LogP contribution in [0.25, 0.3) is 10.3 Å². The fourth-order valence-electron chi connectivity index (χ4n) is 3.51. The van der Waals surface area contributed by atoms with Crippen LogP contribution in [0, 0.1) is 0 Å². The summed E-state index contributed by atoms with van der Waals surface area (Å²) in [5, 5.41) is 16.8. The molecule has 3 aromatic heterocycles. The van der Waals surface area contributed by atoms with Gasteiger partial charge >= 0.3 is 6.09 Å². The maximum atomic E-state index is 12.3. The van der Waals surface area contributed by atoms with E-state index in [9.17, 15) is 9.90 Å². The SMILES string of the molecule is CC(C)(C)OC(=O)N1CCC(Nc2cc(CCO)cc(Nc3nc4cccnc4s3)n2)C1. The van der Waals surface area contributed by atoms with Crippen molar-refractivity contribution in [3.8, 4) is 0 Å². The van der Waals surface area contributed by atoms with Gasteiger partial charge in [-0.3, -0.25) is 0 Å². The molecule has 0 saturated carbocycles. The van der Waals surface area contributed by atoms with Crippen LogP contribution in [-0.2, 0) is 11.2 Å². The topological polar surface area (TPSA) is 112 Å². The second-order valence-corrected chi connectivity index (χ2v) is 9.72. The molecule has 0 aromatic carbocycles. The Morgan fingerprint density at radius 2 is 2.12 bits per heavy atom. The molecule has 170 valence electrons. The van der Waals surface area contributed by atoms with Crippen LogP contribution < -0.4 is 10.6 Å². The van der Waals surface area contributed by atoms with Crippen molar-refractivity contribution in [3.63, 3.8) is 0 Å². The van der Waals surface area contributed by atoms with Crippen molar-refractivity contribution >= 4 is 44.5 Å². The number of aliphatic hydroxyl groups excluding tert-OH is 1. The molecular formula is C22H28N6O3S. The minimum absolute atomic E-state index is 0.0454. The van der Waals surface area contributed by atoms with Gasteiger partial charge in [0.2, 0.25) is 0 Å². The highest BCUT2D eigenvalue weighted by Crippen LogP contribution is 2.27. The summed E-state index contributed by atoms with van der Waals surface area (Å²) in [4.78, 5) is 28.5. The molecule has 1 aliphatic rings. The van der Waals surface area contributed by atoms with Crippen molar-refractivity contribution in [3.05, 3.63) is 36.0 Å². The second kappa shape index (κ2) is 9.25. The molecule has 32 heavy (non-hydrogen) atoms. The van der Waals surface area contributed by atoms with E-state index in [1.54, 1.807) is 11.1 Å². The lowest BCUT2D eigenvalue weighted by molar-refractivity contribution is 0.0293. The number of anilines is 3. The Hall–Kier alpha value is -2.98. The summed E-state index contributed by atoms with van der Waals surface area (Å²) in [6, 6.07) is 7.68. The summed E-state index contributed by atoms with van der Waals surface area (Å²) < 4.78 is 5.48. The zero-order valence-corrected chi connectivity index (χ0v) is 19.3. The Morgan fingerprint density at radius 1 is 1.31 bits per heavy atom. The number of amides is 1. The molecule has 9 nitrogen and oxygen atoms in total. The van der Waals surface area contributed by atoms with E-state index in [0.29, 0.717) is 36.3 Å². The monoisotopic (exact) mass is 456 g/mol. The highest BCUT2D eigenvalue weighted by Gasteiger charge is 2.30. The first-order chi connectivity index (χ1) is 15.3. The Balaban J connectivity index is 1.46. The van der Waals surface area contributed by atoms with E-state index < -0.39 is 5.60 Å². The summed E-state index contributed by atoms with van der Waals surface area (Å²) in [6.07, 6.45) is 2.77. The molecular weight excluding hydrogens is 428 g/mol. The molecule has 10 heteroatoms. The van der Waals surface area contributed by atoms with Crippen molar-refractivity contribution in [1.82, 2.24) is 19.9 Å². The van der Waals surface area contributed by atoms with E-state index in [0.717, 1.165) is 22.3 Å². The van der Waals surface area contributed by atoms with Crippen LogP contribution in [0.2, 0.25) is 0 Å².